The molecule has 19 heavy (non-hydrogen) atoms. The average Bonchev–Trinajstić information content (AvgIpc) is 2.24. The van der Waals surface area contributed by atoms with Crippen molar-refractivity contribution in [3.63, 3.8) is 0 Å². The quantitative estimate of drug-likeness (QED) is 0.906. The zero-order valence-corrected chi connectivity index (χ0v) is 13.8. The van der Waals surface area contributed by atoms with Crippen molar-refractivity contribution < 1.29 is 4.74 Å². The molecule has 0 spiro atoms. The van der Waals surface area contributed by atoms with E-state index in [0.717, 1.165) is 17.6 Å². The molecule has 1 fully saturated rings. The van der Waals surface area contributed by atoms with E-state index >= 15 is 0 Å². The minimum atomic E-state index is -0.157. The Labute approximate surface area is 124 Å². The van der Waals surface area contributed by atoms with Crippen LogP contribution < -0.4 is 10.6 Å². The predicted molar refractivity (Wildman–Crippen MR) is 83.5 cm³/mol. The molecule has 0 amide bonds. The molecule has 1 aromatic rings. The van der Waals surface area contributed by atoms with Crippen molar-refractivity contribution in [2.24, 2.45) is 5.73 Å². The fourth-order valence-electron chi connectivity index (χ4n) is 2.96. The topological polar surface area (TPSA) is 38.5 Å². The number of hydrogen-bond donors (Lipinski definition) is 1. The molecule has 1 heterocycles. The third kappa shape index (κ3) is 3.50. The van der Waals surface area contributed by atoms with Crippen molar-refractivity contribution in [2.45, 2.75) is 45.4 Å². The molecule has 106 valence electrons. The summed E-state index contributed by atoms with van der Waals surface area (Å²) in [6.07, 6.45) is 0. The first-order valence-corrected chi connectivity index (χ1v) is 7.45. The number of rotatable bonds is 2. The number of halogens is 1. The van der Waals surface area contributed by atoms with Gasteiger partial charge < -0.3 is 15.4 Å². The van der Waals surface area contributed by atoms with Crippen LogP contribution in [-0.4, -0.2) is 24.3 Å². The van der Waals surface area contributed by atoms with Gasteiger partial charge >= 0.3 is 0 Å². The lowest BCUT2D eigenvalue weighted by molar-refractivity contribution is -0.133. The van der Waals surface area contributed by atoms with E-state index in [1.165, 1.54) is 11.3 Å². The Morgan fingerprint density at radius 1 is 1.21 bits per heavy atom. The molecule has 0 aromatic heterocycles. The molecule has 1 saturated heterocycles. The van der Waals surface area contributed by atoms with E-state index in [9.17, 15) is 0 Å². The summed E-state index contributed by atoms with van der Waals surface area (Å²) in [6, 6.07) is 6.29. The fourth-order valence-corrected chi connectivity index (χ4v) is 3.31. The summed E-state index contributed by atoms with van der Waals surface area (Å²) < 4.78 is 7.22. The molecule has 0 radical (unpaired) electrons. The summed E-state index contributed by atoms with van der Waals surface area (Å²) in [5, 5.41) is 0. The van der Waals surface area contributed by atoms with Gasteiger partial charge in [0.15, 0.2) is 0 Å². The van der Waals surface area contributed by atoms with Gasteiger partial charge in [-0.1, -0.05) is 22.0 Å². The Morgan fingerprint density at radius 2 is 1.79 bits per heavy atom. The van der Waals surface area contributed by atoms with Crippen LogP contribution in [-0.2, 0) is 11.3 Å². The molecule has 3 nitrogen and oxygen atoms in total. The molecule has 4 heteroatoms. The summed E-state index contributed by atoms with van der Waals surface area (Å²) in [5.74, 6) is 0. The van der Waals surface area contributed by atoms with E-state index in [2.05, 4.69) is 60.7 Å². The smallest absolute Gasteiger partial charge is 0.0808 e. The van der Waals surface area contributed by atoms with Gasteiger partial charge in [-0.15, -0.1) is 0 Å². The molecule has 0 bridgehead atoms. The molecule has 1 aliphatic heterocycles. The van der Waals surface area contributed by atoms with Gasteiger partial charge in [0.2, 0.25) is 0 Å². The monoisotopic (exact) mass is 326 g/mol. The van der Waals surface area contributed by atoms with Gasteiger partial charge in [-0.3, -0.25) is 0 Å². The van der Waals surface area contributed by atoms with Gasteiger partial charge in [0.1, 0.15) is 0 Å². The highest BCUT2D eigenvalue weighted by molar-refractivity contribution is 9.10. The van der Waals surface area contributed by atoms with Crippen LogP contribution in [0.25, 0.3) is 0 Å². The van der Waals surface area contributed by atoms with Crippen LogP contribution in [0.1, 0.15) is 33.3 Å². The Hall–Kier alpha value is -0.580. The van der Waals surface area contributed by atoms with E-state index in [1.807, 2.05) is 6.07 Å². The SMILES string of the molecule is CC1(C)CN(c2cc(Br)ccc2CN)CC(C)(C)O1. The molecule has 0 aliphatic carbocycles. The fraction of sp³-hybridized carbons (Fsp3) is 0.600. The van der Waals surface area contributed by atoms with E-state index in [4.69, 9.17) is 10.5 Å². The van der Waals surface area contributed by atoms with Crippen molar-refractivity contribution in [1.82, 2.24) is 0 Å². The molecule has 2 N–H and O–H groups in total. The Morgan fingerprint density at radius 3 is 2.32 bits per heavy atom. The minimum Gasteiger partial charge on any atom is -0.366 e. The van der Waals surface area contributed by atoms with Gasteiger partial charge in [-0.25, -0.2) is 0 Å². The maximum Gasteiger partial charge on any atom is 0.0808 e. The van der Waals surface area contributed by atoms with Crippen molar-refractivity contribution in [2.75, 3.05) is 18.0 Å². The highest BCUT2D eigenvalue weighted by Crippen LogP contribution is 2.34. The summed E-state index contributed by atoms with van der Waals surface area (Å²) >= 11 is 3.55. The normalized spacial score (nSPS) is 21.5. The largest absolute Gasteiger partial charge is 0.366 e. The first-order chi connectivity index (χ1) is 8.72. The number of benzene rings is 1. The lowest BCUT2D eigenvalue weighted by Crippen LogP contribution is -2.57. The van der Waals surface area contributed by atoms with Crippen LogP contribution in [0.2, 0.25) is 0 Å². The van der Waals surface area contributed by atoms with Crippen LogP contribution in [0.4, 0.5) is 5.69 Å². The summed E-state index contributed by atoms with van der Waals surface area (Å²) in [5.41, 5.74) is 7.94. The summed E-state index contributed by atoms with van der Waals surface area (Å²) in [6.45, 7) is 10.9. The maximum atomic E-state index is 6.13. The molecule has 0 saturated carbocycles. The summed E-state index contributed by atoms with van der Waals surface area (Å²) in [7, 11) is 0. The highest BCUT2D eigenvalue weighted by Gasteiger charge is 2.38. The Balaban J connectivity index is 2.38. The van der Waals surface area contributed by atoms with Crippen LogP contribution in [0.3, 0.4) is 0 Å². The Bertz CT molecular complexity index is 455. The molecule has 2 rings (SSSR count). The second-order valence-corrected chi connectivity index (χ2v) is 7.37. The van der Waals surface area contributed by atoms with Gasteiger partial charge in [0, 0.05) is 29.8 Å². The van der Waals surface area contributed by atoms with Gasteiger partial charge in [-0.05, 0) is 45.4 Å². The third-order valence-corrected chi connectivity index (χ3v) is 3.80. The van der Waals surface area contributed by atoms with E-state index in [1.54, 1.807) is 0 Å². The number of hydrogen-bond acceptors (Lipinski definition) is 3. The van der Waals surface area contributed by atoms with Crippen LogP contribution in [0.5, 0.6) is 0 Å². The van der Waals surface area contributed by atoms with Gasteiger partial charge in [0.25, 0.3) is 0 Å². The Kier molecular flexibility index (Phi) is 3.96. The predicted octanol–water partition coefficient (Wildman–Crippen LogP) is 3.30. The average molecular weight is 327 g/mol. The number of nitrogens with two attached hydrogens (primary N) is 1. The van der Waals surface area contributed by atoms with E-state index in [-0.39, 0.29) is 11.2 Å². The van der Waals surface area contributed by atoms with Gasteiger partial charge in [-0.2, -0.15) is 0 Å². The first-order valence-electron chi connectivity index (χ1n) is 6.66. The number of morpholine rings is 1. The second-order valence-electron chi connectivity index (χ2n) is 6.45. The zero-order valence-electron chi connectivity index (χ0n) is 12.2. The van der Waals surface area contributed by atoms with Crippen molar-refractivity contribution in [3.05, 3.63) is 28.2 Å². The number of nitrogens with zero attached hydrogens (tertiary/aromatic N) is 1. The third-order valence-electron chi connectivity index (χ3n) is 3.30. The zero-order chi connectivity index (χ0) is 14.3. The number of anilines is 1. The highest BCUT2D eigenvalue weighted by atomic mass is 79.9. The standard InChI is InChI=1S/C15H23BrN2O/c1-14(2)9-18(10-15(3,4)19-14)13-7-12(16)6-5-11(13)8-17/h5-7H,8-10,17H2,1-4H3. The summed E-state index contributed by atoms with van der Waals surface area (Å²) in [4.78, 5) is 2.39. The molecule has 1 aliphatic rings. The maximum absolute atomic E-state index is 6.13. The van der Waals surface area contributed by atoms with Gasteiger partial charge in [0.05, 0.1) is 11.2 Å². The number of ether oxygens (including phenoxy) is 1. The molecule has 0 unspecified atom stereocenters. The second kappa shape index (κ2) is 5.08. The molecule has 0 atom stereocenters. The molecular formula is C15H23BrN2O. The van der Waals surface area contributed by atoms with Crippen LogP contribution in [0.15, 0.2) is 22.7 Å². The van der Waals surface area contributed by atoms with Crippen LogP contribution in [0, 0.1) is 0 Å². The molecular weight excluding hydrogens is 304 g/mol. The minimum absolute atomic E-state index is 0.157. The van der Waals surface area contributed by atoms with Crippen molar-refractivity contribution in [1.29, 1.82) is 0 Å². The van der Waals surface area contributed by atoms with E-state index in [0.29, 0.717) is 6.54 Å². The van der Waals surface area contributed by atoms with Crippen molar-refractivity contribution >= 4 is 21.6 Å². The van der Waals surface area contributed by atoms with E-state index < -0.39 is 0 Å². The lowest BCUT2D eigenvalue weighted by atomic mass is 9.97. The van der Waals surface area contributed by atoms with Crippen LogP contribution >= 0.6 is 15.9 Å². The lowest BCUT2D eigenvalue weighted by Gasteiger charge is -2.48. The first kappa shape index (κ1) is 14.8. The molecule has 1 aromatic carbocycles. The van der Waals surface area contributed by atoms with Crippen molar-refractivity contribution in [3.8, 4) is 0 Å².